The van der Waals surface area contributed by atoms with E-state index in [9.17, 15) is 4.39 Å². The Morgan fingerprint density at radius 1 is 1.15 bits per heavy atom. The molecule has 0 aromatic heterocycles. The van der Waals surface area contributed by atoms with Crippen LogP contribution in [-0.4, -0.2) is 7.11 Å². The Labute approximate surface area is 119 Å². The van der Waals surface area contributed by atoms with Crippen LogP contribution in [0.25, 0.3) is 0 Å². The molecule has 0 heterocycles. The maximum atomic E-state index is 14.0. The molecule has 2 N–H and O–H groups in total. The van der Waals surface area contributed by atoms with Gasteiger partial charge in [0.05, 0.1) is 7.11 Å². The molecule has 0 saturated heterocycles. The number of methoxy groups -OCH3 is 1. The summed E-state index contributed by atoms with van der Waals surface area (Å²) in [5.74, 6) is 0.650. The first-order chi connectivity index (χ1) is 9.61. The van der Waals surface area contributed by atoms with Crippen LogP contribution in [0.15, 0.2) is 42.5 Å². The number of nitrogens with two attached hydrogens (primary N) is 1. The quantitative estimate of drug-likeness (QED) is 0.900. The van der Waals surface area contributed by atoms with Gasteiger partial charge in [0.2, 0.25) is 0 Å². The molecule has 0 fully saturated rings. The predicted molar refractivity (Wildman–Crippen MR) is 79.4 cm³/mol. The molecule has 1 unspecified atom stereocenters. The number of benzene rings is 2. The lowest BCUT2D eigenvalue weighted by Gasteiger charge is -2.14. The first-order valence-electron chi connectivity index (χ1n) is 6.75. The Hall–Kier alpha value is -1.87. The Kier molecular flexibility index (Phi) is 4.74. The van der Waals surface area contributed by atoms with Crippen LogP contribution >= 0.6 is 0 Å². The monoisotopic (exact) mass is 273 g/mol. The maximum absolute atomic E-state index is 14.0. The molecule has 2 aromatic rings. The number of aryl methyl sites for hydroxylation is 2. The van der Waals surface area contributed by atoms with Crippen LogP contribution in [-0.2, 0) is 6.42 Å². The number of rotatable bonds is 5. The van der Waals surface area contributed by atoms with Crippen molar-refractivity contribution in [1.29, 1.82) is 0 Å². The molecule has 1 atom stereocenters. The molecule has 0 aliphatic rings. The van der Waals surface area contributed by atoms with E-state index >= 15 is 0 Å². The molecule has 0 spiro atoms. The summed E-state index contributed by atoms with van der Waals surface area (Å²) in [5, 5.41) is 0. The van der Waals surface area contributed by atoms with Gasteiger partial charge in [-0.3, -0.25) is 0 Å². The van der Waals surface area contributed by atoms with Gasteiger partial charge in [-0.15, -0.1) is 0 Å². The highest BCUT2D eigenvalue weighted by Gasteiger charge is 2.12. The summed E-state index contributed by atoms with van der Waals surface area (Å²) in [4.78, 5) is 0. The van der Waals surface area contributed by atoms with E-state index < -0.39 is 0 Å². The minimum Gasteiger partial charge on any atom is -0.497 e. The lowest BCUT2D eigenvalue weighted by atomic mass is 9.98. The van der Waals surface area contributed by atoms with Gasteiger partial charge in [0.25, 0.3) is 0 Å². The maximum Gasteiger partial charge on any atom is 0.130 e. The van der Waals surface area contributed by atoms with Crippen LogP contribution in [0.3, 0.4) is 0 Å². The summed E-state index contributed by atoms with van der Waals surface area (Å²) in [6.07, 6.45) is 1.53. The number of halogens is 1. The summed E-state index contributed by atoms with van der Waals surface area (Å²) >= 11 is 0. The van der Waals surface area contributed by atoms with Crippen LogP contribution in [0.2, 0.25) is 0 Å². The summed E-state index contributed by atoms with van der Waals surface area (Å²) in [7, 11) is 1.64. The minimum absolute atomic E-state index is 0.185. The van der Waals surface area contributed by atoms with E-state index in [1.165, 1.54) is 5.56 Å². The van der Waals surface area contributed by atoms with Crippen LogP contribution in [0.1, 0.15) is 29.2 Å². The summed E-state index contributed by atoms with van der Waals surface area (Å²) < 4.78 is 19.1. The standard InChI is InChI=1S/C17H20FNO/c1-12-4-3-5-15(17(12)18)16(19)11-8-13-6-9-14(20-2)10-7-13/h3-7,9-10,16H,8,11,19H2,1-2H3. The van der Waals surface area contributed by atoms with Gasteiger partial charge in [0.1, 0.15) is 11.6 Å². The SMILES string of the molecule is COc1ccc(CCC(N)c2cccc(C)c2F)cc1. The Morgan fingerprint density at radius 3 is 2.50 bits per heavy atom. The van der Waals surface area contributed by atoms with Gasteiger partial charge in [0.15, 0.2) is 0 Å². The van der Waals surface area contributed by atoms with Crippen molar-refractivity contribution in [3.05, 3.63) is 65.0 Å². The van der Waals surface area contributed by atoms with Crippen molar-refractivity contribution in [2.75, 3.05) is 7.11 Å². The zero-order chi connectivity index (χ0) is 14.5. The molecule has 2 aromatic carbocycles. The molecule has 0 radical (unpaired) electrons. The largest absolute Gasteiger partial charge is 0.497 e. The van der Waals surface area contributed by atoms with Gasteiger partial charge >= 0.3 is 0 Å². The highest BCUT2D eigenvalue weighted by Crippen LogP contribution is 2.22. The van der Waals surface area contributed by atoms with Crippen molar-refractivity contribution in [3.63, 3.8) is 0 Å². The summed E-state index contributed by atoms with van der Waals surface area (Å²) in [6, 6.07) is 13.0. The van der Waals surface area contributed by atoms with Crippen molar-refractivity contribution in [2.24, 2.45) is 5.73 Å². The van der Waals surface area contributed by atoms with Crippen LogP contribution in [0.4, 0.5) is 4.39 Å². The Bertz CT molecular complexity index is 566. The van der Waals surface area contributed by atoms with Gasteiger partial charge in [0, 0.05) is 11.6 Å². The third-order valence-corrected chi connectivity index (χ3v) is 3.52. The molecule has 3 heteroatoms. The van der Waals surface area contributed by atoms with Gasteiger partial charge in [-0.25, -0.2) is 4.39 Å². The topological polar surface area (TPSA) is 35.2 Å². The fraction of sp³-hybridized carbons (Fsp3) is 0.294. The molecule has 0 aliphatic carbocycles. The molecule has 0 bridgehead atoms. The lowest BCUT2D eigenvalue weighted by Crippen LogP contribution is -2.13. The average molecular weight is 273 g/mol. The molecule has 0 aliphatic heterocycles. The second-order valence-electron chi connectivity index (χ2n) is 4.97. The first-order valence-corrected chi connectivity index (χ1v) is 6.75. The van der Waals surface area contributed by atoms with Gasteiger partial charge in [-0.1, -0.05) is 30.3 Å². The van der Waals surface area contributed by atoms with Crippen molar-refractivity contribution >= 4 is 0 Å². The molecule has 20 heavy (non-hydrogen) atoms. The van der Waals surface area contributed by atoms with Crippen LogP contribution in [0.5, 0.6) is 5.75 Å². The van der Waals surface area contributed by atoms with Crippen LogP contribution < -0.4 is 10.5 Å². The number of hydrogen-bond donors (Lipinski definition) is 1. The fourth-order valence-electron chi connectivity index (χ4n) is 2.23. The first kappa shape index (κ1) is 14.5. The highest BCUT2D eigenvalue weighted by molar-refractivity contribution is 5.29. The zero-order valence-corrected chi connectivity index (χ0v) is 11.9. The van der Waals surface area contributed by atoms with E-state index in [4.69, 9.17) is 10.5 Å². The fourth-order valence-corrected chi connectivity index (χ4v) is 2.23. The van der Waals surface area contributed by atoms with E-state index in [1.54, 1.807) is 26.2 Å². The third-order valence-electron chi connectivity index (χ3n) is 3.52. The highest BCUT2D eigenvalue weighted by atomic mass is 19.1. The second-order valence-corrected chi connectivity index (χ2v) is 4.97. The van der Waals surface area contributed by atoms with E-state index in [0.29, 0.717) is 17.5 Å². The van der Waals surface area contributed by atoms with Gasteiger partial charge in [-0.05, 0) is 43.0 Å². The van der Waals surface area contributed by atoms with Gasteiger partial charge < -0.3 is 10.5 Å². The second kappa shape index (κ2) is 6.53. The smallest absolute Gasteiger partial charge is 0.130 e. The molecule has 2 nitrogen and oxygen atoms in total. The lowest BCUT2D eigenvalue weighted by molar-refractivity contribution is 0.414. The van der Waals surface area contributed by atoms with E-state index in [0.717, 1.165) is 12.2 Å². The summed E-state index contributed by atoms with van der Waals surface area (Å²) in [6.45, 7) is 1.76. The molecule has 106 valence electrons. The Balaban J connectivity index is 2.00. The average Bonchev–Trinajstić information content (AvgIpc) is 2.48. The van der Waals surface area contributed by atoms with E-state index in [-0.39, 0.29) is 11.9 Å². The predicted octanol–water partition coefficient (Wildman–Crippen LogP) is 3.78. The normalized spacial score (nSPS) is 12.2. The molecular formula is C17H20FNO. The number of hydrogen-bond acceptors (Lipinski definition) is 2. The minimum atomic E-state index is -0.281. The van der Waals surface area contributed by atoms with Crippen LogP contribution in [0, 0.1) is 12.7 Å². The van der Waals surface area contributed by atoms with Gasteiger partial charge in [-0.2, -0.15) is 0 Å². The van der Waals surface area contributed by atoms with E-state index in [1.807, 2.05) is 30.3 Å². The van der Waals surface area contributed by atoms with Crippen molar-refractivity contribution in [3.8, 4) is 5.75 Å². The Morgan fingerprint density at radius 2 is 1.85 bits per heavy atom. The van der Waals surface area contributed by atoms with Crippen molar-refractivity contribution < 1.29 is 9.13 Å². The van der Waals surface area contributed by atoms with Crippen molar-refractivity contribution in [1.82, 2.24) is 0 Å². The zero-order valence-electron chi connectivity index (χ0n) is 11.9. The summed E-state index contributed by atoms with van der Waals surface area (Å²) in [5.41, 5.74) is 8.52. The third kappa shape index (κ3) is 3.36. The van der Waals surface area contributed by atoms with Crippen molar-refractivity contribution in [2.45, 2.75) is 25.8 Å². The number of ether oxygens (including phenoxy) is 1. The molecule has 0 amide bonds. The molecular weight excluding hydrogens is 253 g/mol. The molecule has 0 saturated carbocycles. The molecule has 2 rings (SSSR count). The van der Waals surface area contributed by atoms with E-state index in [2.05, 4.69) is 0 Å².